The van der Waals surface area contributed by atoms with E-state index < -0.39 is 18.1 Å². The minimum absolute atomic E-state index is 0.121. The second kappa shape index (κ2) is 6.52. The van der Waals surface area contributed by atoms with Crippen molar-refractivity contribution < 1.29 is 13.2 Å². The average Bonchev–Trinajstić information content (AvgIpc) is 2.78. The van der Waals surface area contributed by atoms with E-state index in [1.165, 1.54) is 11.3 Å². The van der Waals surface area contributed by atoms with Crippen LogP contribution >= 0.6 is 11.3 Å². The monoisotopic (exact) mass is 280 g/mol. The predicted octanol–water partition coefficient (Wildman–Crippen LogP) is 4.09. The summed E-state index contributed by atoms with van der Waals surface area (Å²) in [6.45, 7) is 4.74. The van der Waals surface area contributed by atoms with Crippen molar-refractivity contribution in [3.8, 4) is 0 Å². The summed E-state index contributed by atoms with van der Waals surface area (Å²) >= 11 is 1.48. The Balaban J connectivity index is 2.61. The van der Waals surface area contributed by atoms with Crippen LogP contribution in [0, 0.1) is 0 Å². The summed E-state index contributed by atoms with van der Waals surface area (Å²) in [7, 11) is 0. The van der Waals surface area contributed by atoms with Crippen LogP contribution in [0.15, 0.2) is 11.6 Å². The van der Waals surface area contributed by atoms with E-state index in [4.69, 9.17) is 0 Å². The highest BCUT2D eigenvalue weighted by Crippen LogP contribution is 2.31. The van der Waals surface area contributed by atoms with E-state index in [2.05, 4.69) is 10.3 Å². The molecule has 0 aliphatic heterocycles. The Morgan fingerprint density at radius 1 is 1.33 bits per heavy atom. The molecule has 0 bridgehead atoms. The molecule has 1 rings (SSSR count). The Kier molecular flexibility index (Phi) is 5.59. The lowest BCUT2D eigenvalue weighted by molar-refractivity contribution is -0.136. The molecule has 0 amide bonds. The molecule has 104 valence electrons. The van der Waals surface area contributed by atoms with Gasteiger partial charge >= 0.3 is 6.18 Å². The van der Waals surface area contributed by atoms with E-state index in [9.17, 15) is 13.2 Å². The largest absolute Gasteiger partial charge is 0.389 e. The van der Waals surface area contributed by atoms with Crippen LogP contribution in [0.2, 0.25) is 0 Å². The molecule has 0 radical (unpaired) electrons. The summed E-state index contributed by atoms with van der Waals surface area (Å²) in [6.07, 6.45) is -1.61. The molecule has 6 heteroatoms. The van der Waals surface area contributed by atoms with Crippen LogP contribution in [-0.4, -0.2) is 17.7 Å². The molecule has 18 heavy (non-hydrogen) atoms. The van der Waals surface area contributed by atoms with Gasteiger partial charge in [0.1, 0.15) is 5.01 Å². The van der Waals surface area contributed by atoms with Crippen molar-refractivity contribution in [2.45, 2.75) is 51.2 Å². The molecular weight excluding hydrogens is 261 g/mol. The van der Waals surface area contributed by atoms with Gasteiger partial charge in [0.05, 0.1) is 5.54 Å². The Morgan fingerprint density at radius 3 is 2.56 bits per heavy atom. The number of rotatable bonds is 7. The quantitative estimate of drug-likeness (QED) is 0.813. The zero-order valence-corrected chi connectivity index (χ0v) is 11.5. The molecule has 1 heterocycles. The molecule has 1 N–H and O–H groups in total. The zero-order chi connectivity index (χ0) is 13.6. The summed E-state index contributed by atoms with van der Waals surface area (Å²) in [5.41, 5.74) is -0.449. The zero-order valence-electron chi connectivity index (χ0n) is 10.7. The maximum atomic E-state index is 12.2. The van der Waals surface area contributed by atoms with Crippen molar-refractivity contribution in [1.82, 2.24) is 10.3 Å². The third kappa shape index (κ3) is 4.94. The third-order valence-electron chi connectivity index (χ3n) is 2.81. The van der Waals surface area contributed by atoms with Crippen LogP contribution in [0.4, 0.5) is 13.2 Å². The minimum Gasteiger partial charge on any atom is -0.306 e. The smallest absolute Gasteiger partial charge is 0.306 e. The number of hydrogen-bond acceptors (Lipinski definition) is 3. The average molecular weight is 280 g/mol. The van der Waals surface area contributed by atoms with Gasteiger partial charge in [-0.2, -0.15) is 13.2 Å². The maximum absolute atomic E-state index is 12.2. The van der Waals surface area contributed by atoms with Gasteiger partial charge in [-0.25, -0.2) is 4.98 Å². The van der Waals surface area contributed by atoms with Gasteiger partial charge in [0.25, 0.3) is 0 Å². The maximum Gasteiger partial charge on any atom is 0.389 e. The summed E-state index contributed by atoms with van der Waals surface area (Å²) in [6, 6.07) is 0. The van der Waals surface area contributed by atoms with Gasteiger partial charge in [-0.1, -0.05) is 6.92 Å². The molecule has 1 aromatic heterocycles. The van der Waals surface area contributed by atoms with Gasteiger partial charge in [0, 0.05) is 18.0 Å². The first-order chi connectivity index (χ1) is 8.37. The first kappa shape index (κ1) is 15.4. The van der Waals surface area contributed by atoms with Crippen LogP contribution in [0.1, 0.15) is 44.5 Å². The predicted molar refractivity (Wildman–Crippen MR) is 67.7 cm³/mol. The van der Waals surface area contributed by atoms with Gasteiger partial charge in [-0.05, 0) is 32.7 Å². The summed E-state index contributed by atoms with van der Waals surface area (Å²) in [5.74, 6) is 0. The summed E-state index contributed by atoms with van der Waals surface area (Å²) < 4.78 is 36.6. The molecule has 2 nitrogen and oxygen atoms in total. The molecule has 0 saturated heterocycles. The second-order valence-corrected chi connectivity index (χ2v) is 5.46. The van der Waals surface area contributed by atoms with Gasteiger partial charge in [-0.15, -0.1) is 11.3 Å². The number of nitrogens with one attached hydrogen (secondary N) is 1. The standard InChI is InChI=1S/C12H19F3N2S/c1-3-7-17-11(2,10-16-8-9-18-10)5-4-6-12(13,14)15/h8-9,17H,3-7H2,1-2H3. The lowest BCUT2D eigenvalue weighted by Crippen LogP contribution is -2.40. The Labute approximate surface area is 110 Å². The van der Waals surface area contributed by atoms with Gasteiger partial charge in [0.2, 0.25) is 0 Å². The number of nitrogens with zero attached hydrogens (tertiary/aromatic N) is 1. The van der Waals surface area contributed by atoms with Crippen molar-refractivity contribution in [3.63, 3.8) is 0 Å². The van der Waals surface area contributed by atoms with E-state index in [0.29, 0.717) is 6.42 Å². The Hall–Kier alpha value is -0.620. The number of aromatic nitrogens is 1. The SMILES string of the molecule is CCCNC(C)(CCCC(F)(F)F)c1nccs1. The van der Waals surface area contributed by atoms with Crippen LogP contribution < -0.4 is 5.32 Å². The first-order valence-corrected chi connectivity index (χ1v) is 6.97. The normalized spacial score (nSPS) is 15.6. The molecule has 0 saturated carbocycles. The fourth-order valence-electron chi connectivity index (χ4n) is 1.81. The van der Waals surface area contributed by atoms with Gasteiger partial charge in [-0.3, -0.25) is 0 Å². The lowest BCUT2D eigenvalue weighted by atomic mass is 9.95. The second-order valence-electron chi connectivity index (χ2n) is 4.56. The van der Waals surface area contributed by atoms with Crippen LogP contribution in [0.5, 0.6) is 0 Å². The number of halogens is 3. The van der Waals surface area contributed by atoms with Crippen LogP contribution in [0.25, 0.3) is 0 Å². The van der Waals surface area contributed by atoms with Crippen molar-refractivity contribution in [3.05, 3.63) is 16.6 Å². The molecule has 0 aromatic carbocycles. The van der Waals surface area contributed by atoms with E-state index in [1.807, 2.05) is 19.2 Å². The van der Waals surface area contributed by atoms with Crippen LogP contribution in [-0.2, 0) is 5.54 Å². The van der Waals surface area contributed by atoms with Crippen molar-refractivity contribution in [2.75, 3.05) is 6.54 Å². The molecular formula is C12H19F3N2S. The highest BCUT2D eigenvalue weighted by Gasteiger charge is 2.32. The molecule has 1 unspecified atom stereocenters. The highest BCUT2D eigenvalue weighted by molar-refractivity contribution is 7.09. The molecule has 1 aromatic rings. The molecule has 0 aliphatic carbocycles. The molecule has 1 atom stereocenters. The highest BCUT2D eigenvalue weighted by atomic mass is 32.1. The number of alkyl halides is 3. The fourth-order valence-corrected chi connectivity index (χ4v) is 2.62. The topological polar surface area (TPSA) is 24.9 Å². The van der Waals surface area contributed by atoms with Crippen molar-refractivity contribution in [1.29, 1.82) is 0 Å². The lowest BCUT2D eigenvalue weighted by Gasteiger charge is -2.29. The third-order valence-corrected chi connectivity index (χ3v) is 3.84. The fraction of sp³-hybridized carbons (Fsp3) is 0.750. The van der Waals surface area contributed by atoms with Gasteiger partial charge < -0.3 is 5.32 Å². The molecule has 0 aliphatic rings. The number of hydrogen-bond donors (Lipinski definition) is 1. The van der Waals surface area contributed by atoms with Crippen molar-refractivity contribution >= 4 is 11.3 Å². The Bertz CT molecular complexity index is 338. The first-order valence-electron chi connectivity index (χ1n) is 6.09. The van der Waals surface area contributed by atoms with Gasteiger partial charge in [0.15, 0.2) is 0 Å². The van der Waals surface area contributed by atoms with Crippen LogP contribution in [0.3, 0.4) is 0 Å². The Morgan fingerprint density at radius 2 is 2.06 bits per heavy atom. The minimum atomic E-state index is -4.07. The summed E-state index contributed by atoms with van der Waals surface area (Å²) in [4.78, 5) is 4.23. The van der Waals surface area contributed by atoms with E-state index in [0.717, 1.165) is 18.0 Å². The van der Waals surface area contributed by atoms with E-state index >= 15 is 0 Å². The van der Waals surface area contributed by atoms with E-state index in [-0.39, 0.29) is 6.42 Å². The molecule has 0 fully saturated rings. The van der Waals surface area contributed by atoms with E-state index in [1.54, 1.807) is 6.20 Å². The summed E-state index contributed by atoms with van der Waals surface area (Å²) in [5, 5.41) is 6.03. The molecule has 0 spiro atoms. The van der Waals surface area contributed by atoms with Crippen molar-refractivity contribution in [2.24, 2.45) is 0 Å². The number of thiazole rings is 1.